The largest absolute Gasteiger partial charge is 0.470 e. The fraction of sp³-hybridized carbons (Fsp3) is 0.957. The Bertz CT molecular complexity index is 436. The summed E-state index contributed by atoms with van der Waals surface area (Å²) in [6, 6.07) is 0. The van der Waals surface area contributed by atoms with E-state index in [1.807, 2.05) is 13.8 Å². The third kappa shape index (κ3) is 7.90. The van der Waals surface area contributed by atoms with E-state index in [-0.39, 0.29) is 11.5 Å². The topological polar surface area (TPSA) is 37.3 Å². The highest BCUT2D eigenvalue weighted by Crippen LogP contribution is 2.37. The van der Waals surface area contributed by atoms with Crippen LogP contribution in [0.4, 0.5) is 0 Å². The van der Waals surface area contributed by atoms with Crippen molar-refractivity contribution in [2.45, 2.75) is 85.7 Å². The standard InChI is InChI=1S/C21H41N3O2.C2H6/c1-6-11-21(17-23(4)5,14-18(3)7-2)20-22-25-16-19(26-20)15-24-12-9-8-10-13-24;1-2/h18-19H,6-17H2,1-5H3;1-2H3. The molecule has 1 fully saturated rings. The van der Waals surface area contributed by atoms with Crippen molar-refractivity contribution in [1.82, 2.24) is 9.80 Å². The number of hydrogen-bond donors (Lipinski definition) is 0. The number of hydrogen-bond acceptors (Lipinski definition) is 5. The molecule has 28 heavy (non-hydrogen) atoms. The first kappa shape index (κ1) is 25.2. The Kier molecular flexibility index (Phi) is 12.1. The van der Waals surface area contributed by atoms with Gasteiger partial charge in [0.15, 0.2) is 6.61 Å². The van der Waals surface area contributed by atoms with Gasteiger partial charge in [0.2, 0.25) is 5.90 Å². The van der Waals surface area contributed by atoms with Crippen molar-refractivity contribution in [2.24, 2.45) is 16.5 Å². The summed E-state index contributed by atoms with van der Waals surface area (Å²) in [6.07, 6.45) is 8.60. The van der Waals surface area contributed by atoms with Crippen LogP contribution in [0, 0.1) is 11.3 Å². The summed E-state index contributed by atoms with van der Waals surface area (Å²) in [7, 11) is 4.30. The number of ether oxygens (including phenoxy) is 1. The summed E-state index contributed by atoms with van der Waals surface area (Å²) in [5.41, 5.74) is -0.0474. The molecule has 2 aliphatic heterocycles. The summed E-state index contributed by atoms with van der Waals surface area (Å²) < 4.78 is 6.51. The molecule has 0 aromatic carbocycles. The second-order valence-electron chi connectivity index (χ2n) is 8.78. The Morgan fingerprint density at radius 3 is 2.43 bits per heavy atom. The number of nitrogens with zero attached hydrogens (tertiary/aromatic N) is 3. The van der Waals surface area contributed by atoms with Crippen LogP contribution < -0.4 is 0 Å². The zero-order valence-electron chi connectivity index (χ0n) is 19.8. The molecule has 2 aliphatic rings. The molecular formula is C23H47N3O2. The van der Waals surface area contributed by atoms with Gasteiger partial charge in [-0.2, -0.15) is 0 Å². The highest BCUT2D eigenvalue weighted by Gasteiger charge is 2.42. The quantitative estimate of drug-likeness (QED) is 0.519. The molecule has 3 unspecified atom stereocenters. The highest BCUT2D eigenvalue weighted by molar-refractivity contribution is 5.83. The SMILES string of the molecule is CC.CCCC(CC(C)CC)(CN(C)C)C1=NOCC(CN2CCCCC2)O1. The summed E-state index contributed by atoms with van der Waals surface area (Å²) in [6.45, 7) is 15.8. The van der Waals surface area contributed by atoms with Crippen LogP contribution in [0.2, 0.25) is 0 Å². The number of oxime groups is 1. The van der Waals surface area contributed by atoms with Crippen molar-refractivity contribution in [1.29, 1.82) is 0 Å². The monoisotopic (exact) mass is 397 g/mol. The molecule has 2 rings (SSSR count). The second kappa shape index (κ2) is 13.4. The van der Waals surface area contributed by atoms with Crippen molar-refractivity contribution < 1.29 is 9.57 Å². The normalized spacial score (nSPS) is 23.6. The minimum absolute atomic E-state index is 0.0474. The molecule has 0 aliphatic carbocycles. The lowest BCUT2D eigenvalue weighted by molar-refractivity contribution is -0.0264. The van der Waals surface area contributed by atoms with E-state index in [2.05, 4.69) is 49.8 Å². The van der Waals surface area contributed by atoms with E-state index in [1.54, 1.807) is 0 Å². The molecule has 5 nitrogen and oxygen atoms in total. The van der Waals surface area contributed by atoms with Crippen LogP contribution in [0.3, 0.4) is 0 Å². The molecule has 0 spiro atoms. The molecule has 3 atom stereocenters. The van der Waals surface area contributed by atoms with Crippen LogP contribution in [-0.2, 0) is 9.57 Å². The maximum atomic E-state index is 6.51. The van der Waals surface area contributed by atoms with Crippen molar-refractivity contribution >= 4 is 5.90 Å². The Balaban J connectivity index is 0.00000190. The van der Waals surface area contributed by atoms with E-state index in [0.29, 0.717) is 12.5 Å². The van der Waals surface area contributed by atoms with Gasteiger partial charge >= 0.3 is 0 Å². The van der Waals surface area contributed by atoms with E-state index in [9.17, 15) is 0 Å². The minimum Gasteiger partial charge on any atom is -0.470 e. The maximum absolute atomic E-state index is 6.51. The minimum atomic E-state index is -0.0474. The molecule has 2 heterocycles. The average molecular weight is 398 g/mol. The Labute approximate surface area is 174 Å². The van der Waals surface area contributed by atoms with Gasteiger partial charge in [0, 0.05) is 13.1 Å². The Hall–Kier alpha value is -0.810. The molecule has 166 valence electrons. The number of likely N-dealkylation sites (tertiary alicyclic amines) is 1. The van der Waals surface area contributed by atoms with Crippen LogP contribution in [0.25, 0.3) is 0 Å². The van der Waals surface area contributed by atoms with Gasteiger partial charge in [-0.25, -0.2) is 0 Å². The molecule has 5 heteroatoms. The van der Waals surface area contributed by atoms with Crippen LogP contribution in [0.5, 0.6) is 0 Å². The van der Waals surface area contributed by atoms with Gasteiger partial charge in [-0.15, -0.1) is 0 Å². The zero-order valence-corrected chi connectivity index (χ0v) is 19.8. The molecule has 0 aromatic heterocycles. The van der Waals surface area contributed by atoms with Crippen molar-refractivity contribution in [3.05, 3.63) is 0 Å². The summed E-state index contributed by atoms with van der Waals surface area (Å²) in [5, 5.41) is 4.45. The van der Waals surface area contributed by atoms with Crippen LogP contribution >= 0.6 is 0 Å². The lowest BCUT2D eigenvalue weighted by Crippen LogP contribution is -2.49. The second-order valence-corrected chi connectivity index (χ2v) is 8.78. The number of piperidine rings is 1. The van der Waals surface area contributed by atoms with Gasteiger partial charge in [-0.05, 0) is 58.8 Å². The summed E-state index contributed by atoms with van der Waals surface area (Å²) in [4.78, 5) is 10.5. The molecule has 0 radical (unpaired) electrons. The molecule has 1 saturated heterocycles. The Morgan fingerprint density at radius 1 is 1.18 bits per heavy atom. The van der Waals surface area contributed by atoms with Gasteiger partial charge in [0.25, 0.3) is 0 Å². The first-order chi connectivity index (χ1) is 13.5. The van der Waals surface area contributed by atoms with E-state index in [4.69, 9.17) is 9.57 Å². The molecular weight excluding hydrogens is 350 g/mol. The predicted molar refractivity (Wildman–Crippen MR) is 120 cm³/mol. The smallest absolute Gasteiger partial charge is 0.233 e. The fourth-order valence-electron chi connectivity index (χ4n) is 4.54. The molecule has 0 N–H and O–H groups in total. The molecule has 0 aromatic rings. The van der Waals surface area contributed by atoms with Gasteiger partial charge < -0.3 is 14.5 Å². The van der Waals surface area contributed by atoms with E-state index < -0.39 is 0 Å². The van der Waals surface area contributed by atoms with E-state index in [1.165, 1.54) is 38.8 Å². The van der Waals surface area contributed by atoms with Crippen molar-refractivity contribution in [2.75, 3.05) is 46.9 Å². The van der Waals surface area contributed by atoms with Crippen molar-refractivity contribution in [3.63, 3.8) is 0 Å². The lowest BCUT2D eigenvalue weighted by Gasteiger charge is -2.41. The maximum Gasteiger partial charge on any atom is 0.233 e. The average Bonchev–Trinajstić information content (AvgIpc) is 2.70. The number of rotatable bonds is 10. The molecule has 0 saturated carbocycles. The third-order valence-corrected chi connectivity index (χ3v) is 5.83. The highest BCUT2D eigenvalue weighted by atomic mass is 16.7. The molecule has 0 amide bonds. The van der Waals surface area contributed by atoms with Gasteiger partial charge in [0.05, 0.1) is 5.41 Å². The van der Waals surface area contributed by atoms with E-state index in [0.717, 1.165) is 38.2 Å². The van der Waals surface area contributed by atoms with Crippen LogP contribution in [-0.4, -0.2) is 68.7 Å². The fourth-order valence-corrected chi connectivity index (χ4v) is 4.54. The molecule has 0 bridgehead atoms. The van der Waals surface area contributed by atoms with Crippen LogP contribution in [0.1, 0.15) is 79.6 Å². The van der Waals surface area contributed by atoms with Crippen molar-refractivity contribution in [3.8, 4) is 0 Å². The first-order valence-corrected chi connectivity index (χ1v) is 11.7. The third-order valence-electron chi connectivity index (χ3n) is 5.83. The van der Waals surface area contributed by atoms with Gasteiger partial charge in [-0.1, -0.05) is 59.0 Å². The lowest BCUT2D eigenvalue weighted by atomic mass is 9.74. The predicted octanol–water partition coefficient (Wildman–Crippen LogP) is 5.01. The summed E-state index contributed by atoms with van der Waals surface area (Å²) in [5.74, 6) is 1.50. The Morgan fingerprint density at radius 2 is 1.86 bits per heavy atom. The van der Waals surface area contributed by atoms with Gasteiger partial charge in [-0.3, -0.25) is 4.90 Å². The first-order valence-electron chi connectivity index (χ1n) is 11.7. The van der Waals surface area contributed by atoms with E-state index >= 15 is 0 Å². The van der Waals surface area contributed by atoms with Gasteiger partial charge in [0.1, 0.15) is 6.10 Å². The summed E-state index contributed by atoms with van der Waals surface area (Å²) >= 11 is 0. The zero-order chi connectivity index (χ0) is 21.0. The van der Waals surface area contributed by atoms with Crippen LogP contribution in [0.15, 0.2) is 5.16 Å².